The lowest BCUT2D eigenvalue weighted by molar-refractivity contribution is -0.125. The maximum Gasteiger partial charge on any atom is 0.270 e. The van der Waals surface area contributed by atoms with Gasteiger partial charge in [-0.15, -0.1) is 0 Å². The molecule has 0 unspecified atom stereocenters. The van der Waals surface area contributed by atoms with Gasteiger partial charge in [0.05, 0.1) is 11.8 Å². The number of benzene rings is 1. The van der Waals surface area contributed by atoms with Crippen LogP contribution in [-0.4, -0.2) is 48.2 Å². The Hall–Kier alpha value is -2.21. The highest BCUT2D eigenvalue weighted by Gasteiger charge is 2.30. The van der Waals surface area contributed by atoms with Crippen LogP contribution in [-0.2, 0) is 14.3 Å². The summed E-state index contributed by atoms with van der Waals surface area (Å²) in [6.45, 7) is 7.86. The van der Waals surface area contributed by atoms with Crippen molar-refractivity contribution in [3.05, 3.63) is 29.3 Å². The van der Waals surface area contributed by atoms with Crippen molar-refractivity contribution in [1.82, 2.24) is 4.90 Å². The van der Waals surface area contributed by atoms with Gasteiger partial charge in [-0.1, -0.05) is 12.1 Å². The standard InChI is InChI=1S/C20H27N3O3/c1-4-22(13-16-6-5-11-26-16)20(25)17-9-10-19(24)23(21-17)18-12-14(2)7-8-15(18)3/h7-8,12,16H,4-6,9-11,13H2,1-3H3/t16-/m1/s1. The lowest BCUT2D eigenvalue weighted by Gasteiger charge is -2.28. The molecule has 6 heteroatoms. The first-order valence-electron chi connectivity index (χ1n) is 9.38. The number of ether oxygens (including phenoxy) is 1. The number of hydrazone groups is 1. The lowest BCUT2D eigenvalue weighted by atomic mass is 10.1. The van der Waals surface area contributed by atoms with Gasteiger partial charge in [-0.3, -0.25) is 9.59 Å². The summed E-state index contributed by atoms with van der Waals surface area (Å²) >= 11 is 0. The Morgan fingerprint density at radius 2 is 2.15 bits per heavy atom. The second-order valence-corrected chi connectivity index (χ2v) is 7.02. The van der Waals surface area contributed by atoms with Crippen molar-refractivity contribution in [3.8, 4) is 0 Å². The van der Waals surface area contributed by atoms with Crippen LogP contribution in [0.5, 0.6) is 0 Å². The quantitative estimate of drug-likeness (QED) is 0.814. The highest BCUT2D eigenvalue weighted by Crippen LogP contribution is 2.26. The number of aryl methyl sites for hydroxylation is 2. The van der Waals surface area contributed by atoms with Crippen molar-refractivity contribution in [3.63, 3.8) is 0 Å². The Bertz CT molecular complexity index is 723. The number of hydrogen-bond donors (Lipinski definition) is 0. The van der Waals surface area contributed by atoms with Gasteiger partial charge in [-0.25, -0.2) is 5.01 Å². The van der Waals surface area contributed by atoms with Gasteiger partial charge >= 0.3 is 0 Å². The van der Waals surface area contributed by atoms with Crippen LogP contribution in [0.4, 0.5) is 5.69 Å². The molecule has 0 N–H and O–H groups in total. The maximum absolute atomic E-state index is 13.0. The third kappa shape index (κ3) is 3.96. The van der Waals surface area contributed by atoms with Gasteiger partial charge in [0.25, 0.3) is 5.91 Å². The number of amides is 2. The first-order chi connectivity index (χ1) is 12.5. The van der Waals surface area contributed by atoms with Gasteiger partial charge in [0.2, 0.25) is 5.91 Å². The minimum atomic E-state index is -0.0918. The van der Waals surface area contributed by atoms with Crippen molar-refractivity contribution in [2.75, 3.05) is 24.7 Å². The van der Waals surface area contributed by atoms with E-state index in [0.29, 0.717) is 31.6 Å². The van der Waals surface area contributed by atoms with Crippen LogP contribution in [0.15, 0.2) is 23.3 Å². The molecule has 1 fully saturated rings. The highest BCUT2D eigenvalue weighted by molar-refractivity contribution is 6.40. The molecule has 1 atom stereocenters. The van der Waals surface area contributed by atoms with Gasteiger partial charge in [-0.05, 0) is 50.8 Å². The summed E-state index contributed by atoms with van der Waals surface area (Å²) in [7, 11) is 0. The molecule has 2 heterocycles. The Morgan fingerprint density at radius 3 is 2.85 bits per heavy atom. The molecule has 0 aliphatic carbocycles. The van der Waals surface area contributed by atoms with Crippen LogP contribution in [0.2, 0.25) is 0 Å². The van der Waals surface area contributed by atoms with Gasteiger partial charge in [-0.2, -0.15) is 5.10 Å². The van der Waals surface area contributed by atoms with Gasteiger partial charge < -0.3 is 9.64 Å². The van der Waals surface area contributed by atoms with Crippen molar-refractivity contribution >= 4 is 23.2 Å². The van der Waals surface area contributed by atoms with Gasteiger partial charge in [0, 0.05) is 32.5 Å². The minimum absolute atomic E-state index is 0.0718. The molecule has 6 nitrogen and oxygen atoms in total. The molecule has 0 aromatic heterocycles. The Kier molecular flexibility index (Phi) is 5.71. The second kappa shape index (κ2) is 7.99. The van der Waals surface area contributed by atoms with E-state index in [1.807, 2.05) is 39.0 Å². The second-order valence-electron chi connectivity index (χ2n) is 7.02. The normalized spacial score (nSPS) is 20.3. The van der Waals surface area contributed by atoms with Crippen LogP contribution in [0.3, 0.4) is 0 Å². The molecule has 1 aromatic carbocycles. The average Bonchev–Trinajstić information content (AvgIpc) is 3.15. The van der Waals surface area contributed by atoms with Crippen LogP contribution in [0, 0.1) is 13.8 Å². The average molecular weight is 357 g/mol. The van der Waals surface area contributed by atoms with Crippen molar-refractivity contribution in [2.45, 2.75) is 52.6 Å². The monoisotopic (exact) mass is 357 g/mol. The number of anilines is 1. The number of carbonyl (C=O) groups excluding carboxylic acids is 2. The smallest absolute Gasteiger partial charge is 0.270 e. The Morgan fingerprint density at radius 1 is 1.35 bits per heavy atom. The number of rotatable bonds is 5. The Balaban J connectivity index is 1.82. The van der Waals surface area contributed by atoms with Crippen LogP contribution < -0.4 is 5.01 Å². The van der Waals surface area contributed by atoms with Crippen LogP contribution in [0.25, 0.3) is 0 Å². The number of likely N-dealkylation sites (N-methyl/N-ethyl adjacent to an activating group) is 1. The third-order valence-corrected chi connectivity index (χ3v) is 4.99. The molecule has 0 bridgehead atoms. The van der Waals surface area contributed by atoms with E-state index < -0.39 is 0 Å². The van der Waals surface area contributed by atoms with Crippen molar-refractivity contribution in [1.29, 1.82) is 0 Å². The molecule has 26 heavy (non-hydrogen) atoms. The van der Waals surface area contributed by atoms with Gasteiger partial charge in [0.15, 0.2) is 0 Å². The minimum Gasteiger partial charge on any atom is -0.376 e. The molecule has 1 aromatic rings. The summed E-state index contributed by atoms with van der Waals surface area (Å²) in [5.41, 5.74) is 3.22. The topological polar surface area (TPSA) is 62.2 Å². The van der Waals surface area contributed by atoms with E-state index in [9.17, 15) is 9.59 Å². The predicted molar refractivity (Wildman–Crippen MR) is 101 cm³/mol. The Labute approximate surface area is 154 Å². The lowest BCUT2D eigenvalue weighted by Crippen LogP contribution is -2.44. The SMILES string of the molecule is CCN(C[C@H]1CCCO1)C(=O)C1=NN(c2cc(C)ccc2C)C(=O)CC1. The molecular formula is C20H27N3O3. The van der Waals surface area contributed by atoms with Crippen LogP contribution >= 0.6 is 0 Å². The summed E-state index contributed by atoms with van der Waals surface area (Å²) < 4.78 is 5.66. The molecule has 0 saturated carbocycles. The fourth-order valence-corrected chi connectivity index (χ4v) is 3.42. The molecule has 3 rings (SSSR count). The molecule has 0 radical (unpaired) electrons. The van der Waals surface area contributed by atoms with Crippen molar-refractivity contribution < 1.29 is 14.3 Å². The van der Waals surface area contributed by atoms with E-state index >= 15 is 0 Å². The summed E-state index contributed by atoms with van der Waals surface area (Å²) in [6, 6.07) is 5.91. The number of carbonyl (C=O) groups is 2. The van der Waals surface area contributed by atoms with E-state index in [4.69, 9.17) is 4.74 Å². The van der Waals surface area contributed by atoms with Gasteiger partial charge in [0.1, 0.15) is 5.71 Å². The largest absolute Gasteiger partial charge is 0.376 e. The first-order valence-corrected chi connectivity index (χ1v) is 9.38. The first kappa shape index (κ1) is 18.6. The molecule has 2 aliphatic heterocycles. The maximum atomic E-state index is 13.0. The molecule has 140 valence electrons. The summed E-state index contributed by atoms with van der Waals surface area (Å²) in [5.74, 6) is -0.164. The zero-order chi connectivity index (χ0) is 18.7. The zero-order valence-electron chi connectivity index (χ0n) is 15.8. The zero-order valence-corrected chi connectivity index (χ0v) is 15.8. The summed E-state index contributed by atoms with van der Waals surface area (Å²) in [4.78, 5) is 27.2. The third-order valence-electron chi connectivity index (χ3n) is 4.99. The van der Waals surface area contributed by atoms with E-state index in [2.05, 4.69) is 5.10 Å². The molecule has 2 aliphatic rings. The van der Waals surface area contributed by atoms with Crippen LogP contribution in [0.1, 0.15) is 43.7 Å². The number of nitrogens with zero attached hydrogens (tertiary/aromatic N) is 3. The highest BCUT2D eigenvalue weighted by atomic mass is 16.5. The fraction of sp³-hybridized carbons (Fsp3) is 0.550. The fourth-order valence-electron chi connectivity index (χ4n) is 3.42. The predicted octanol–water partition coefficient (Wildman–Crippen LogP) is 2.81. The van der Waals surface area contributed by atoms with Crippen molar-refractivity contribution in [2.24, 2.45) is 5.10 Å². The molecule has 2 amide bonds. The van der Waals surface area contributed by atoms with E-state index in [1.165, 1.54) is 5.01 Å². The molecular weight excluding hydrogens is 330 g/mol. The number of hydrogen-bond acceptors (Lipinski definition) is 4. The summed E-state index contributed by atoms with van der Waals surface area (Å²) in [6.07, 6.45) is 2.84. The van der Waals surface area contributed by atoms with E-state index in [0.717, 1.165) is 36.3 Å². The molecule has 1 saturated heterocycles. The molecule has 0 spiro atoms. The van der Waals surface area contributed by atoms with E-state index in [-0.39, 0.29) is 17.9 Å². The van der Waals surface area contributed by atoms with E-state index in [1.54, 1.807) is 4.90 Å². The summed E-state index contributed by atoms with van der Waals surface area (Å²) in [5, 5.41) is 5.85.